The lowest BCUT2D eigenvalue weighted by atomic mass is 10.1. The molecule has 142 valence electrons. The summed E-state index contributed by atoms with van der Waals surface area (Å²) in [6.07, 6.45) is 1.97. The van der Waals surface area contributed by atoms with E-state index >= 15 is 0 Å². The van der Waals surface area contributed by atoms with Crippen LogP contribution in [0, 0.1) is 6.92 Å². The largest absolute Gasteiger partial charge is 0.493 e. The SMILES string of the molecule is CCCCOc1cc(C)cc(-n2nc3ccccc3n2)c1CNC(=O)CO. The van der Waals surface area contributed by atoms with E-state index in [9.17, 15) is 4.79 Å². The van der Waals surface area contributed by atoms with E-state index in [4.69, 9.17) is 9.84 Å². The van der Waals surface area contributed by atoms with Gasteiger partial charge in [-0.1, -0.05) is 25.5 Å². The number of carbonyl (C=O) groups excluding carboxylic acids is 1. The Hall–Kier alpha value is -2.93. The number of fused-ring (bicyclic) bond motifs is 1. The van der Waals surface area contributed by atoms with Crippen LogP contribution in [0.15, 0.2) is 36.4 Å². The van der Waals surface area contributed by atoms with Crippen molar-refractivity contribution in [3.8, 4) is 11.4 Å². The summed E-state index contributed by atoms with van der Waals surface area (Å²) >= 11 is 0. The standard InChI is InChI=1S/C20H24N4O3/c1-3-4-9-27-19-11-14(2)10-18(15(19)12-21-20(26)13-25)24-22-16-7-5-6-8-17(16)23-24/h5-8,10-11,25H,3-4,9,12-13H2,1-2H3,(H,21,26). The van der Waals surface area contributed by atoms with Crippen molar-refractivity contribution in [1.29, 1.82) is 0 Å². The summed E-state index contributed by atoms with van der Waals surface area (Å²) < 4.78 is 5.98. The van der Waals surface area contributed by atoms with E-state index in [1.165, 1.54) is 0 Å². The van der Waals surface area contributed by atoms with Gasteiger partial charge in [0, 0.05) is 12.1 Å². The topological polar surface area (TPSA) is 89.3 Å². The molecule has 7 nitrogen and oxygen atoms in total. The van der Waals surface area contributed by atoms with Gasteiger partial charge in [-0.3, -0.25) is 4.79 Å². The van der Waals surface area contributed by atoms with E-state index in [0.717, 1.165) is 40.7 Å². The van der Waals surface area contributed by atoms with Gasteiger partial charge in [-0.25, -0.2) is 0 Å². The molecule has 0 spiro atoms. The Morgan fingerprint density at radius 3 is 2.56 bits per heavy atom. The van der Waals surface area contributed by atoms with Crippen LogP contribution in [0.25, 0.3) is 16.7 Å². The van der Waals surface area contributed by atoms with Crippen LogP contribution in [-0.2, 0) is 11.3 Å². The lowest BCUT2D eigenvalue weighted by Gasteiger charge is -2.17. The molecule has 0 saturated heterocycles. The molecular weight excluding hydrogens is 344 g/mol. The van der Waals surface area contributed by atoms with E-state index in [1.807, 2.05) is 43.3 Å². The number of nitrogens with zero attached hydrogens (tertiary/aromatic N) is 3. The quantitative estimate of drug-likeness (QED) is 0.597. The van der Waals surface area contributed by atoms with Crippen LogP contribution in [0.2, 0.25) is 0 Å². The highest BCUT2D eigenvalue weighted by Gasteiger charge is 2.16. The highest BCUT2D eigenvalue weighted by Crippen LogP contribution is 2.28. The van der Waals surface area contributed by atoms with Crippen LogP contribution >= 0.6 is 0 Å². The van der Waals surface area contributed by atoms with E-state index in [-0.39, 0.29) is 6.54 Å². The van der Waals surface area contributed by atoms with Crippen molar-refractivity contribution in [3.05, 3.63) is 47.5 Å². The van der Waals surface area contributed by atoms with Crippen molar-refractivity contribution >= 4 is 16.9 Å². The molecule has 0 aliphatic rings. The number of benzene rings is 2. The fraction of sp³-hybridized carbons (Fsp3) is 0.350. The van der Waals surface area contributed by atoms with E-state index in [2.05, 4.69) is 22.4 Å². The zero-order chi connectivity index (χ0) is 19.2. The number of amides is 1. The molecule has 0 unspecified atom stereocenters. The maximum Gasteiger partial charge on any atom is 0.245 e. The molecule has 0 bridgehead atoms. The molecule has 1 amide bonds. The van der Waals surface area contributed by atoms with E-state index in [1.54, 1.807) is 4.80 Å². The Kier molecular flexibility index (Phi) is 6.03. The first-order valence-electron chi connectivity index (χ1n) is 9.08. The van der Waals surface area contributed by atoms with Gasteiger partial charge in [-0.05, 0) is 43.2 Å². The monoisotopic (exact) mass is 368 g/mol. The van der Waals surface area contributed by atoms with Gasteiger partial charge in [0.05, 0.1) is 12.3 Å². The molecule has 0 aliphatic carbocycles. The van der Waals surface area contributed by atoms with Gasteiger partial charge in [0.25, 0.3) is 0 Å². The Bertz CT molecular complexity index is 903. The van der Waals surface area contributed by atoms with E-state index in [0.29, 0.717) is 12.4 Å². The summed E-state index contributed by atoms with van der Waals surface area (Å²) in [4.78, 5) is 13.1. The van der Waals surface area contributed by atoms with Crippen LogP contribution in [-0.4, -0.2) is 39.2 Å². The number of aliphatic hydroxyl groups excluding tert-OH is 1. The number of aliphatic hydroxyl groups is 1. The number of hydrogen-bond donors (Lipinski definition) is 2. The zero-order valence-corrected chi connectivity index (χ0v) is 15.6. The molecule has 1 heterocycles. The summed E-state index contributed by atoms with van der Waals surface area (Å²) in [6, 6.07) is 11.5. The number of aromatic nitrogens is 3. The predicted molar refractivity (Wildman–Crippen MR) is 103 cm³/mol. The highest BCUT2D eigenvalue weighted by molar-refractivity contribution is 5.77. The van der Waals surface area contributed by atoms with Gasteiger partial charge in [0.2, 0.25) is 5.91 Å². The molecule has 3 aromatic rings. The summed E-state index contributed by atoms with van der Waals surface area (Å²) in [5.74, 6) is 0.248. The van der Waals surface area contributed by atoms with Gasteiger partial charge < -0.3 is 15.2 Å². The fourth-order valence-corrected chi connectivity index (χ4v) is 2.79. The van der Waals surface area contributed by atoms with Crippen LogP contribution in [0.3, 0.4) is 0 Å². The van der Waals surface area contributed by atoms with Crippen molar-refractivity contribution < 1.29 is 14.6 Å². The van der Waals surface area contributed by atoms with Crippen molar-refractivity contribution in [2.75, 3.05) is 13.2 Å². The predicted octanol–water partition coefficient (Wildman–Crippen LogP) is 2.52. The first kappa shape index (κ1) is 18.8. The van der Waals surface area contributed by atoms with Gasteiger partial charge in [0.15, 0.2) is 0 Å². The Morgan fingerprint density at radius 1 is 1.22 bits per heavy atom. The second kappa shape index (κ2) is 8.64. The lowest BCUT2D eigenvalue weighted by Crippen LogP contribution is -2.26. The first-order valence-corrected chi connectivity index (χ1v) is 9.08. The number of unbranched alkanes of at least 4 members (excludes halogenated alkanes) is 1. The van der Waals surface area contributed by atoms with Crippen LogP contribution in [0.1, 0.15) is 30.9 Å². The van der Waals surface area contributed by atoms with Gasteiger partial charge in [0.1, 0.15) is 23.4 Å². The molecule has 1 aromatic heterocycles. The molecule has 7 heteroatoms. The Balaban J connectivity index is 2.04. The molecule has 0 saturated carbocycles. The number of carbonyl (C=O) groups is 1. The van der Waals surface area contributed by atoms with Crippen molar-refractivity contribution in [2.45, 2.75) is 33.2 Å². The molecular formula is C20H24N4O3. The second-order valence-corrected chi connectivity index (χ2v) is 6.38. The summed E-state index contributed by atoms with van der Waals surface area (Å²) in [5.41, 5.74) is 4.11. The smallest absolute Gasteiger partial charge is 0.245 e. The third kappa shape index (κ3) is 4.43. The average Bonchev–Trinajstić information content (AvgIpc) is 3.10. The Morgan fingerprint density at radius 2 is 1.93 bits per heavy atom. The molecule has 0 aliphatic heterocycles. The summed E-state index contributed by atoms with van der Waals surface area (Å²) in [7, 11) is 0. The van der Waals surface area contributed by atoms with Crippen LogP contribution < -0.4 is 10.1 Å². The second-order valence-electron chi connectivity index (χ2n) is 6.38. The molecule has 0 fully saturated rings. The minimum absolute atomic E-state index is 0.217. The molecule has 27 heavy (non-hydrogen) atoms. The molecule has 3 rings (SSSR count). The summed E-state index contributed by atoms with van der Waals surface area (Å²) in [5, 5.41) is 20.8. The number of ether oxygens (including phenoxy) is 1. The fourth-order valence-electron chi connectivity index (χ4n) is 2.79. The van der Waals surface area contributed by atoms with Gasteiger partial charge in [-0.15, -0.1) is 15.0 Å². The molecule has 2 aromatic carbocycles. The van der Waals surface area contributed by atoms with Crippen molar-refractivity contribution in [2.24, 2.45) is 0 Å². The minimum Gasteiger partial charge on any atom is -0.493 e. The third-order valence-corrected chi connectivity index (χ3v) is 4.19. The highest BCUT2D eigenvalue weighted by atomic mass is 16.5. The molecule has 0 radical (unpaired) electrons. The molecule has 0 atom stereocenters. The number of nitrogens with one attached hydrogen (secondary N) is 1. The Labute approximate surface area is 158 Å². The normalized spacial score (nSPS) is 10.9. The summed E-state index contributed by atoms with van der Waals surface area (Å²) in [6.45, 7) is 4.34. The van der Waals surface area contributed by atoms with Gasteiger partial charge in [-0.2, -0.15) is 0 Å². The van der Waals surface area contributed by atoms with Crippen LogP contribution in [0.4, 0.5) is 0 Å². The maximum absolute atomic E-state index is 11.6. The lowest BCUT2D eigenvalue weighted by molar-refractivity contribution is -0.123. The average molecular weight is 368 g/mol. The minimum atomic E-state index is -0.558. The maximum atomic E-state index is 11.6. The zero-order valence-electron chi connectivity index (χ0n) is 15.6. The third-order valence-electron chi connectivity index (χ3n) is 4.19. The number of hydrogen-bond acceptors (Lipinski definition) is 5. The van der Waals surface area contributed by atoms with Crippen LogP contribution in [0.5, 0.6) is 5.75 Å². The number of aryl methyl sites for hydroxylation is 1. The van der Waals surface area contributed by atoms with Crippen molar-refractivity contribution in [3.63, 3.8) is 0 Å². The first-order chi connectivity index (χ1) is 13.1. The van der Waals surface area contributed by atoms with Gasteiger partial charge >= 0.3 is 0 Å². The van der Waals surface area contributed by atoms with Crippen molar-refractivity contribution in [1.82, 2.24) is 20.3 Å². The molecule has 2 N–H and O–H groups in total. The number of rotatable bonds is 8. The van der Waals surface area contributed by atoms with E-state index < -0.39 is 12.5 Å².